The van der Waals surface area contributed by atoms with Crippen molar-refractivity contribution in [1.82, 2.24) is 0 Å². The molecule has 1 unspecified atom stereocenters. The van der Waals surface area contributed by atoms with Crippen LogP contribution in [-0.2, 0) is 6.42 Å². The molecule has 0 spiro atoms. The van der Waals surface area contributed by atoms with Crippen LogP contribution in [0.4, 0.5) is 0 Å². The molecule has 0 saturated carbocycles. The van der Waals surface area contributed by atoms with E-state index in [9.17, 15) is 0 Å². The molecule has 2 aliphatic heterocycles. The van der Waals surface area contributed by atoms with Gasteiger partial charge < -0.3 is 0 Å². The zero-order valence-electron chi connectivity index (χ0n) is 18.3. The first-order valence-corrected chi connectivity index (χ1v) is 15.0. The highest BCUT2D eigenvalue weighted by Crippen LogP contribution is 2.62. The zero-order valence-corrected chi connectivity index (χ0v) is 21.6. The van der Waals surface area contributed by atoms with E-state index in [1.165, 1.54) is 85.6 Å². The van der Waals surface area contributed by atoms with E-state index in [0.717, 1.165) is 0 Å². The van der Waals surface area contributed by atoms with Crippen LogP contribution in [0.3, 0.4) is 0 Å². The molecule has 0 N–H and O–H groups in total. The van der Waals surface area contributed by atoms with Gasteiger partial charge in [0, 0.05) is 19.6 Å². The van der Waals surface area contributed by atoms with Crippen LogP contribution in [-0.4, -0.2) is 0 Å². The summed E-state index contributed by atoms with van der Waals surface area (Å²) in [4.78, 5) is 5.66. The summed E-state index contributed by atoms with van der Waals surface area (Å²) < 4.78 is 2.89. The molecule has 164 valence electrons. The maximum absolute atomic E-state index is 2.48. The molecule has 4 aromatic carbocycles. The third kappa shape index (κ3) is 3.26. The summed E-state index contributed by atoms with van der Waals surface area (Å²) >= 11 is 7.85. The van der Waals surface area contributed by atoms with Crippen LogP contribution in [0.15, 0.2) is 106 Å². The van der Waals surface area contributed by atoms with Crippen LogP contribution in [0.2, 0.25) is 0 Å². The number of hydrogen-bond donors (Lipinski definition) is 0. The molecule has 1 atom stereocenters. The summed E-state index contributed by atoms with van der Waals surface area (Å²) in [6.45, 7) is 0. The lowest BCUT2D eigenvalue weighted by atomic mass is 9.78. The monoisotopic (exact) mass is 508 g/mol. The van der Waals surface area contributed by atoms with Gasteiger partial charge in [0.05, 0.1) is 8.47 Å². The Morgan fingerprint density at radius 3 is 1.94 bits per heavy atom. The smallest absolute Gasteiger partial charge is 0.0706 e. The predicted molar refractivity (Wildman–Crippen MR) is 152 cm³/mol. The Labute approximate surface area is 216 Å². The molecule has 0 amide bonds. The number of allylic oxidation sites excluding steroid dienone is 3. The van der Waals surface area contributed by atoms with Crippen LogP contribution in [0.5, 0.6) is 0 Å². The van der Waals surface area contributed by atoms with Gasteiger partial charge in [-0.3, -0.25) is 0 Å². The van der Waals surface area contributed by atoms with Gasteiger partial charge in [0.1, 0.15) is 0 Å². The number of thioether (sulfide) groups is 4. The lowest BCUT2D eigenvalue weighted by Crippen LogP contribution is -2.14. The fourth-order valence-corrected chi connectivity index (χ4v) is 10.9. The molecule has 2 heterocycles. The molecule has 4 heteroatoms. The molecule has 34 heavy (non-hydrogen) atoms. The topological polar surface area (TPSA) is 0 Å². The second-order valence-electron chi connectivity index (χ2n) is 9.35. The van der Waals surface area contributed by atoms with Crippen molar-refractivity contribution in [2.24, 2.45) is 5.92 Å². The van der Waals surface area contributed by atoms with Gasteiger partial charge in [-0.25, -0.2) is 0 Å². The summed E-state index contributed by atoms with van der Waals surface area (Å²) in [6.07, 6.45) is 10.9. The Morgan fingerprint density at radius 2 is 1.26 bits per heavy atom. The van der Waals surface area contributed by atoms with Crippen LogP contribution in [0.1, 0.15) is 24.0 Å². The summed E-state index contributed by atoms with van der Waals surface area (Å²) in [6, 6.07) is 23.0. The first-order chi connectivity index (χ1) is 16.8. The first kappa shape index (κ1) is 20.2. The van der Waals surface area contributed by atoms with E-state index < -0.39 is 0 Å². The fourth-order valence-electron chi connectivity index (χ4n) is 5.46. The standard InChI is InChI=1S/C30H20S4/c1-2-6-18-10-22-14-26-25(13-21(22)9-17(18)5-1)31-29(32-26)30-33-27-15-23-11-19-7-3-4-8-20(19)12-24(23)16-28(27)34-30/h1-3,5-7,9-11,13-16,20H,4,8,12H2. The minimum atomic E-state index is 0.716. The Morgan fingerprint density at radius 1 is 0.647 bits per heavy atom. The van der Waals surface area contributed by atoms with Crippen LogP contribution < -0.4 is 0 Å². The van der Waals surface area contributed by atoms with Gasteiger partial charge in [-0.05, 0) is 99.8 Å². The SMILES string of the molecule is C1=CC2=Cc3cc4c(cc3CC2CC1)SC(=C1Sc2cc3cc5ccccc5cc3cc2S1)S4. The quantitative estimate of drug-likeness (QED) is 0.217. The molecule has 0 aromatic heterocycles. The summed E-state index contributed by atoms with van der Waals surface area (Å²) in [5.74, 6) is 0.716. The van der Waals surface area contributed by atoms with Crippen molar-refractivity contribution in [3.05, 3.63) is 98.0 Å². The number of rotatable bonds is 0. The molecule has 4 aromatic rings. The highest BCUT2D eigenvalue weighted by Gasteiger charge is 2.29. The molecule has 0 bridgehead atoms. The minimum Gasteiger partial charge on any atom is -0.0842 e. The van der Waals surface area contributed by atoms with Gasteiger partial charge in [-0.15, -0.1) is 0 Å². The molecule has 0 fully saturated rings. The average Bonchev–Trinajstić information content (AvgIpc) is 3.46. The molecule has 0 saturated heterocycles. The van der Waals surface area contributed by atoms with Gasteiger partial charge in [0.25, 0.3) is 0 Å². The van der Waals surface area contributed by atoms with Gasteiger partial charge >= 0.3 is 0 Å². The summed E-state index contributed by atoms with van der Waals surface area (Å²) in [5, 5.41) is 5.30. The molecule has 0 nitrogen and oxygen atoms in total. The van der Waals surface area contributed by atoms with E-state index in [0.29, 0.717) is 5.92 Å². The predicted octanol–water partition coefficient (Wildman–Crippen LogP) is 10.1. The van der Waals surface area contributed by atoms with E-state index in [-0.39, 0.29) is 0 Å². The van der Waals surface area contributed by atoms with E-state index in [1.54, 1.807) is 0 Å². The molecule has 2 aliphatic carbocycles. The van der Waals surface area contributed by atoms with Crippen molar-refractivity contribution in [3.63, 3.8) is 0 Å². The number of fused-ring (bicyclic) bond motifs is 6. The first-order valence-electron chi connectivity index (χ1n) is 11.7. The largest absolute Gasteiger partial charge is 0.0842 e. The third-order valence-electron chi connectivity index (χ3n) is 7.20. The van der Waals surface area contributed by atoms with Crippen molar-refractivity contribution < 1.29 is 0 Å². The normalized spacial score (nSPS) is 20.4. The van der Waals surface area contributed by atoms with Gasteiger partial charge in [-0.2, -0.15) is 0 Å². The van der Waals surface area contributed by atoms with Crippen molar-refractivity contribution >= 4 is 74.7 Å². The fraction of sp³-hybridized carbons (Fsp3) is 0.133. The Hall–Kier alpha value is -1.98. The van der Waals surface area contributed by atoms with Crippen molar-refractivity contribution in [3.8, 4) is 0 Å². The molecular formula is C30H20S4. The second-order valence-corrected chi connectivity index (χ2v) is 14.1. The van der Waals surface area contributed by atoms with Crippen molar-refractivity contribution in [1.29, 1.82) is 0 Å². The number of hydrogen-bond acceptors (Lipinski definition) is 4. The minimum absolute atomic E-state index is 0.716. The lowest BCUT2D eigenvalue weighted by molar-refractivity contribution is 0.556. The highest BCUT2D eigenvalue weighted by atomic mass is 32.2. The highest BCUT2D eigenvalue weighted by molar-refractivity contribution is 8.30. The summed E-state index contributed by atoms with van der Waals surface area (Å²) in [5.41, 5.74) is 4.50. The van der Waals surface area contributed by atoms with Crippen LogP contribution >= 0.6 is 47.0 Å². The van der Waals surface area contributed by atoms with E-state index in [2.05, 4.69) is 78.9 Å². The van der Waals surface area contributed by atoms with Crippen molar-refractivity contribution in [2.75, 3.05) is 0 Å². The van der Waals surface area contributed by atoms with Crippen molar-refractivity contribution in [2.45, 2.75) is 38.8 Å². The number of benzene rings is 4. The molecular weight excluding hydrogens is 489 g/mol. The van der Waals surface area contributed by atoms with Gasteiger partial charge in [-0.1, -0.05) is 89.5 Å². The average molecular weight is 509 g/mol. The summed E-state index contributed by atoms with van der Waals surface area (Å²) in [7, 11) is 0. The Bertz CT molecular complexity index is 1570. The Kier molecular flexibility index (Phi) is 4.62. The molecule has 4 aliphatic rings. The lowest BCUT2D eigenvalue weighted by Gasteiger charge is -2.27. The Balaban J connectivity index is 1.14. The van der Waals surface area contributed by atoms with Crippen LogP contribution in [0, 0.1) is 5.92 Å². The maximum atomic E-state index is 2.48. The van der Waals surface area contributed by atoms with E-state index >= 15 is 0 Å². The van der Waals surface area contributed by atoms with Gasteiger partial charge in [0.15, 0.2) is 0 Å². The molecule has 8 rings (SSSR count). The van der Waals surface area contributed by atoms with Gasteiger partial charge in [0.2, 0.25) is 0 Å². The van der Waals surface area contributed by atoms with E-state index in [1.807, 2.05) is 47.0 Å². The maximum Gasteiger partial charge on any atom is 0.0706 e. The third-order valence-corrected chi connectivity index (χ3v) is 12.8. The van der Waals surface area contributed by atoms with E-state index in [4.69, 9.17) is 0 Å². The van der Waals surface area contributed by atoms with Crippen LogP contribution in [0.25, 0.3) is 27.6 Å². The second kappa shape index (κ2) is 7.76. The zero-order chi connectivity index (χ0) is 22.2. The molecule has 0 radical (unpaired) electrons.